The third-order valence-electron chi connectivity index (χ3n) is 6.94. The second-order valence-corrected chi connectivity index (χ2v) is 9.26. The van der Waals surface area contributed by atoms with E-state index in [2.05, 4.69) is 79.6 Å². The van der Waals surface area contributed by atoms with Gasteiger partial charge in [0.25, 0.3) is 0 Å². The fraction of sp³-hybridized carbons (Fsp3) is 0.138. The first kappa shape index (κ1) is 22.2. The molecule has 0 saturated heterocycles. The summed E-state index contributed by atoms with van der Waals surface area (Å²) in [6.07, 6.45) is 5.59. The van der Waals surface area contributed by atoms with Crippen molar-refractivity contribution in [3.05, 3.63) is 102 Å². The number of nitrogens with zero attached hydrogens (tertiary/aromatic N) is 6. The van der Waals surface area contributed by atoms with Crippen molar-refractivity contribution in [2.24, 2.45) is 0 Å². The molecule has 0 amide bonds. The van der Waals surface area contributed by atoms with Gasteiger partial charge in [0.2, 0.25) is 0 Å². The van der Waals surface area contributed by atoms with Crippen molar-refractivity contribution in [1.82, 2.24) is 35.2 Å². The second-order valence-electron chi connectivity index (χ2n) is 9.26. The topological polar surface area (TPSA) is 106 Å². The van der Waals surface area contributed by atoms with Crippen LogP contribution < -0.4 is 10.1 Å². The van der Waals surface area contributed by atoms with Crippen LogP contribution in [0.4, 0.5) is 11.5 Å². The molecule has 186 valence electrons. The maximum atomic E-state index is 6.42. The van der Waals surface area contributed by atoms with E-state index in [-0.39, 0.29) is 5.92 Å². The zero-order valence-electron chi connectivity index (χ0n) is 20.5. The molecular formula is C29H24N8O. The number of anilines is 2. The maximum absolute atomic E-state index is 6.42. The van der Waals surface area contributed by atoms with E-state index >= 15 is 0 Å². The third kappa shape index (κ3) is 4.03. The molecule has 6 aromatic rings. The van der Waals surface area contributed by atoms with Gasteiger partial charge in [-0.15, -0.1) is 5.10 Å². The summed E-state index contributed by atoms with van der Waals surface area (Å²) in [6.45, 7) is 0.653. The predicted molar refractivity (Wildman–Crippen MR) is 144 cm³/mol. The van der Waals surface area contributed by atoms with Crippen molar-refractivity contribution in [2.75, 3.05) is 11.9 Å². The highest BCUT2D eigenvalue weighted by Crippen LogP contribution is 2.46. The Morgan fingerprint density at radius 1 is 0.947 bits per heavy atom. The number of fused-ring (bicyclic) bond motifs is 2. The molecule has 4 heterocycles. The lowest BCUT2D eigenvalue weighted by molar-refractivity contribution is 0.318. The zero-order valence-corrected chi connectivity index (χ0v) is 20.5. The SMILES string of the molecule is c1ccc(C2CCCOc3c(Nc4ccn5nccc5n4)cc(-c4ccccc4-c4nnn[nH]4)cc32)cc1. The van der Waals surface area contributed by atoms with Gasteiger partial charge in [0.05, 0.1) is 18.5 Å². The number of nitrogens with one attached hydrogen (secondary N) is 2. The molecule has 2 N–H and O–H groups in total. The Balaban J connectivity index is 1.43. The van der Waals surface area contributed by atoms with Gasteiger partial charge in [0, 0.05) is 29.3 Å². The summed E-state index contributed by atoms with van der Waals surface area (Å²) in [5.74, 6) is 2.38. The summed E-state index contributed by atoms with van der Waals surface area (Å²) in [6, 6.07) is 27.0. The average Bonchev–Trinajstić information content (AvgIpc) is 3.62. The van der Waals surface area contributed by atoms with Crippen molar-refractivity contribution >= 4 is 17.2 Å². The molecule has 0 aliphatic carbocycles. The molecule has 9 nitrogen and oxygen atoms in total. The molecule has 0 bridgehead atoms. The van der Waals surface area contributed by atoms with E-state index in [4.69, 9.17) is 9.72 Å². The molecule has 7 rings (SSSR count). The van der Waals surface area contributed by atoms with Crippen LogP contribution in [0, 0.1) is 0 Å². The molecule has 0 radical (unpaired) electrons. The number of hydrogen-bond donors (Lipinski definition) is 2. The van der Waals surface area contributed by atoms with Crippen molar-refractivity contribution < 1.29 is 4.74 Å². The average molecular weight is 501 g/mol. The fourth-order valence-electron chi connectivity index (χ4n) is 5.20. The monoisotopic (exact) mass is 500 g/mol. The molecule has 1 unspecified atom stereocenters. The van der Waals surface area contributed by atoms with Gasteiger partial charge in [-0.2, -0.15) is 5.10 Å². The fourth-order valence-corrected chi connectivity index (χ4v) is 5.20. The van der Waals surface area contributed by atoms with Gasteiger partial charge >= 0.3 is 0 Å². The molecular weight excluding hydrogens is 476 g/mol. The molecule has 1 atom stereocenters. The molecule has 9 heteroatoms. The van der Waals surface area contributed by atoms with Crippen molar-refractivity contribution in [3.63, 3.8) is 0 Å². The van der Waals surface area contributed by atoms with Gasteiger partial charge in [-0.1, -0.05) is 54.6 Å². The first-order chi connectivity index (χ1) is 18.8. The van der Waals surface area contributed by atoms with Crippen molar-refractivity contribution in [3.8, 4) is 28.3 Å². The summed E-state index contributed by atoms with van der Waals surface area (Å²) < 4.78 is 8.16. The molecule has 0 fully saturated rings. The van der Waals surface area contributed by atoms with Gasteiger partial charge < -0.3 is 10.1 Å². The summed E-state index contributed by atoms with van der Waals surface area (Å²) in [7, 11) is 0. The van der Waals surface area contributed by atoms with Gasteiger partial charge in [-0.3, -0.25) is 0 Å². The first-order valence-electron chi connectivity index (χ1n) is 12.6. The lowest BCUT2D eigenvalue weighted by Gasteiger charge is -2.22. The van der Waals surface area contributed by atoms with Crippen LogP contribution in [0.5, 0.6) is 5.75 Å². The van der Waals surface area contributed by atoms with Crippen LogP contribution in [-0.4, -0.2) is 41.8 Å². The smallest absolute Gasteiger partial charge is 0.180 e. The molecule has 3 aromatic carbocycles. The largest absolute Gasteiger partial charge is 0.491 e. The van der Waals surface area contributed by atoms with E-state index in [0.29, 0.717) is 18.2 Å². The Morgan fingerprint density at radius 3 is 2.68 bits per heavy atom. The maximum Gasteiger partial charge on any atom is 0.180 e. The molecule has 1 aliphatic heterocycles. The second kappa shape index (κ2) is 9.44. The standard InChI is InChI=1S/C29H24N8O/c1-2-7-19(8-3-1)21-11-6-16-38-28-24(21)17-20(22-9-4-5-10-23(22)29-33-35-36-34-29)18-25(28)31-26-13-15-37-27(32-26)12-14-30-37/h1-5,7-10,12-15,17-18,21H,6,11,16H2,(H,31,32)(H,33,34,35,36). The molecule has 3 aromatic heterocycles. The lowest BCUT2D eigenvalue weighted by Crippen LogP contribution is -2.05. The highest BCUT2D eigenvalue weighted by atomic mass is 16.5. The van der Waals surface area contributed by atoms with Crippen LogP contribution in [0.15, 0.2) is 91.3 Å². The Morgan fingerprint density at radius 2 is 1.82 bits per heavy atom. The van der Waals surface area contributed by atoms with Gasteiger partial charge in [0.15, 0.2) is 11.5 Å². The number of aromatic amines is 1. The van der Waals surface area contributed by atoms with Gasteiger partial charge in [0.1, 0.15) is 11.6 Å². The quantitative estimate of drug-likeness (QED) is 0.316. The van der Waals surface area contributed by atoms with E-state index in [1.165, 1.54) is 5.56 Å². The Labute approximate surface area is 218 Å². The minimum Gasteiger partial charge on any atom is -0.491 e. The summed E-state index contributed by atoms with van der Waals surface area (Å²) >= 11 is 0. The first-order valence-corrected chi connectivity index (χ1v) is 12.6. The van der Waals surface area contributed by atoms with Crippen LogP contribution in [0.1, 0.15) is 29.9 Å². The molecule has 1 aliphatic rings. The Hall–Kier alpha value is -5.05. The van der Waals surface area contributed by atoms with Crippen LogP contribution >= 0.6 is 0 Å². The van der Waals surface area contributed by atoms with Crippen LogP contribution in [0.25, 0.3) is 28.2 Å². The Kier molecular flexibility index (Phi) is 5.51. The highest BCUT2D eigenvalue weighted by molar-refractivity contribution is 5.85. The number of benzene rings is 3. The highest BCUT2D eigenvalue weighted by Gasteiger charge is 2.26. The summed E-state index contributed by atoms with van der Waals surface area (Å²) in [5, 5.41) is 22.5. The Bertz CT molecular complexity index is 1710. The zero-order chi connectivity index (χ0) is 25.3. The lowest BCUT2D eigenvalue weighted by atomic mass is 9.85. The molecule has 38 heavy (non-hydrogen) atoms. The summed E-state index contributed by atoms with van der Waals surface area (Å²) in [4.78, 5) is 4.74. The predicted octanol–water partition coefficient (Wildman–Crippen LogP) is 5.62. The molecule has 0 spiro atoms. The van der Waals surface area contributed by atoms with Crippen molar-refractivity contribution in [1.29, 1.82) is 0 Å². The van der Waals surface area contributed by atoms with E-state index in [1.54, 1.807) is 10.7 Å². The number of ether oxygens (including phenoxy) is 1. The third-order valence-corrected chi connectivity index (χ3v) is 6.94. The summed E-state index contributed by atoms with van der Waals surface area (Å²) in [5.41, 5.74) is 7.03. The van der Waals surface area contributed by atoms with Gasteiger partial charge in [-0.25, -0.2) is 14.6 Å². The van der Waals surface area contributed by atoms with Gasteiger partial charge in [-0.05, 0) is 58.2 Å². The van der Waals surface area contributed by atoms with Crippen LogP contribution in [-0.2, 0) is 0 Å². The van der Waals surface area contributed by atoms with E-state index in [0.717, 1.165) is 52.2 Å². The normalized spacial score (nSPS) is 15.0. The van der Waals surface area contributed by atoms with Crippen LogP contribution in [0.2, 0.25) is 0 Å². The number of aromatic nitrogens is 7. The number of tetrazole rings is 1. The number of H-pyrrole nitrogens is 1. The van der Waals surface area contributed by atoms with E-state index in [1.807, 2.05) is 36.5 Å². The van der Waals surface area contributed by atoms with E-state index < -0.39 is 0 Å². The van der Waals surface area contributed by atoms with E-state index in [9.17, 15) is 0 Å². The number of hydrogen-bond acceptors (Lipinski definition) is 7. The minimum atomic E-state index is 0.193. The van der Waals surface area contributed by atoms with Crippen molar-refractivity contribution in [2.45, 2.75) is 18.8 Å². The minimum absolute atomic E-state index is 0.193. The van der Waals surface area contributed by atoms with Crippen LogP contribution in [0.3, 0.4) is 0 Å². The molecule has 0 saturated carbocycles. The number of rotatable bonds is 5.